The first-order chi connectivity index (χ1) is 13.9. The highest BCUT2D eigenvalue weighted by molar-refractivity contribution is 7.22. The fourth-order valence-corrected chi connectivity index (χ4v) is 6.10. The third-order valence-corrected chi connectivity index (χ3v) is 7.18. The molecule has 6 nitrogen and oxygen atoms in total. The zero-order chi connectivity index (χ0) is 20.2. The van der Waals surface area contributed by atoms with Crippen LogP contribution >= 0.6 is 34.5 Å². The van der Waals surface area contributed by atoms with Crippen LogP contribution in [0, 0.1) is 5.41 Å². The van der Waals surface area contributed by atoms with Crippen LogP contribution in [-0.2, 0) is 0 Å². The molecule has 2 aliphatic rings. The molecule has 29 heavy (non-hydrogen) atoms. The molecule has 2 fully saturated rings. The number of thiazole rings is 1. The fourth-order valence-electron chi connectivity index (χ4n) is 4.43. The third kappa shape index (κ3) is 3.52. The maximum absolute atomic E-state index is 11.5. The number of nitrogens with two attached hydrogens (primary N) is 1. The van der Waals surface area contributed by atoms with Crippen molar-refractivity contribution in [2.45, 2.75) is 37.8 Å². The molecule has 2 saturated carbocycles. The Balaban J connectivity index is 1.17. The number of pyridine rings is 1. The van der Waals surface area contributed by atoms with Gasteiger partial charge >= 0.3 is 0 Å². The molecule has 0 radical (unpaired) electrons. The number of anilines is 1. The summed E-state index contributed by atoms with van der Waals surface area (Å²) in [5.41, 5.74) is 6.81. The molecular weight excluding hydrogens is 431 g/mol. The average Bonchev–Trinajstić information content (AvgIpc) is 3.01. The molecule has 2 aromatic heterocycles. The zero-order valence-electron chi connectivity index (χ0n) is 15.3. The van der Waals surface area contributed by atoms with Crippen LogP contribution in [0.1, 0.15) is 36.0 Å². The van der Waals surface area contributed by atoms with Gasteiger partial charge in [-0.1, -0.05) is 34.5 Å². The second-order valence-corrected chi connectivity index (χ2v) is 9.75. The molecule has 0 aliphatic heterocycles. The summed E-state index contributed by atoms with van der Waals surface area (Å²) < 4.78 is 6.91. The fraction of sp³-hybridized carbons (Fsp3) is 0.350. The van der Waals surface area contributed by atoms with Crippen molar-refractivity contribution in [3.05, 3.63) is 46.1 Å². The number of carbonyl (C=O) groups is 1. The van der Waals surface area contributed by atoms with Gasteiger partial charge in [-0.2, -0.15) is 0 Å². The van der Waals surface area contributed by atoms with Gasteiger partial charge in [-0.15, -0.1) is 0 Å². The van der Waals surface area contributed by atoms with E-state index in [2.05, 4.69) is 15.3 Å². The van der Waals surface area contributed by atoms with Gasteiger partial charge < -0.3 is 15.8 Å². The van der Waals surface area contributed by atoms with Crippen molar-refractivity contribution in [1.29, 1.82) is 0 Å². The molecule has 3 N–H and O–H groups in total. The lowest BCUT2D eigenvalue weighted by molar-refractivity contribution is -0.0759. The summed E-state index contributed by atoms with van der Waals surface area (Å²) in [6.07, 6.45) is 5.75. The normalized spacial score (nSPS) is 25.4. The Labute approximate surface area is 181 Å². The molecule has 1 spiro atoms. The van der Waals surface area contributed by atoms with Crippen molar-refractivity contribution in [3.8, 4) is 5.88 Å². The Hall–Kier alpha value is -2.09. The van der Waals surface area contributed by atoms with Crippen molar-refractivity contribution in [1.82, 2.24) is 9.97 Å². The molecule has 2 heterocycles. The van der Waals surface area contributed by atoms with Gasteiger partial charge in [0, 0.05) is 17.3 Å². The molecule has 0 atom stereocenters. The number of fused-ring (bicyclic) bond motifs is 1. The number of hydrogen-bond donors (Lipinski definition) is 2. The van der Waals surface area contributed by atoms with E-state index in [1.807, 2.05) is 6.07 Å². The first kappa shape index (κ1) is 18.9. The summed E-state index contributed by atoms with van der Waals surface area (Å²) >= 11 is 13.9. The second-order valence-electron chi connectivity index (χ2n) is 7.87. The highest BCUT2D eigenvalue weighted by atomic mass is 35.5. The average molecular weight is 449 g/mol. The lowest BCUT2D eigenvalue weighted by Crippen LogP contribution is -2.56. The molecule has 150 valence electrons. The second kappa shape index (κ2) is 7.00. The number of hydrogen-bond acceptors (Lipinski definition) is 6. The summed E-state index contributed by atoms with van der Waals surface area (Å²) in [7, 11) is 0. The van der Waals surface area contributed by atoms with Gasteiger partial charge in [-0.05, 0) is 55.4 Å². The van der Waals surface area contributed by atoms with Crippen LogP contribution < -0.4 is 15.8 Å². The van der Waals surface area contributed by atoms with Crippen LogP contribution in [0.4, 0.5) is 5.13 Å². The van der Waals surface area contributed by atoms with Crippen LogP contribution in [0.3, 0.4) is 0 Å². The Morgan fingerprint density at radius 1 is 1.28 bits per heavy atom. The minimum Gasteiger partial charge on any atom is -0.474 e. The number of primary amides is 1. The number of carbonyl (C=O) groups excluding carboxylic acids is 1. The van der Waals surface area contributed by atoms with E-state index < -0.39 is 5.91 Å². The molecule has 0 bridgehead atoms. The van der Waals surface area contributed by atoms with E-state index in [9.17, 15) is 4.79 Å². The van der Waals surface area contributed by atoms with Crippen molar-refractivity contribution < 1.29 is 9.53 Å². The van der Waals surface area contributed by atoms with E-state index in [0.29, 0.717) is 32.9 Å². The first-order valence-electron chi connectivity index (χ1n) is 9.34. The molecule has 3 aromatic rings. The van der Waals surface area contributed by atoms with Crippen LogP contribution in [0.2, 0.25) is 10.0 Å². The number of ether oxygens (including phenoxy) is 1. The number of aromatic nitrogens is 2. The van der Waals surface area contributed by atoms with Gasteiger partial charge in [-0.3, -0.25) is 4.79 Å². The number of nitrogens with zero attached hydrogens (tertiary/aromatic N) is 2. The molecule has 1 amide bonds. The van der Waals surface area contributed by atoms with E-state index in [1.54, 1.807) is 35.7 Å². The molecule has 0 unspecified atom stereocenters. The van der Waals surface area contributed by atoms with Crippen LogP contribution in [0.25, 0.3) is 10.2 Å². The van der Waals surface area contributed by atoms with Crippen LogP contribution in [0.15, 0.2) is 30.5 Å². The predicted molar refractivity (Wildman–Crippen MR) is 115 cm³/mol. The molecule has 1 aromatic carbocycles. The summed E-state index contributed by atoms with van der Waals surface area (Å²) in [6, 6.07) is 7.31. The zero-order valence-corrected chi connectivity index (χ0v) is 17.7. The van der Waals surface area contributed by atoms with E-state index in [1.165, 1.54) is 0 Å². The highest BCUT2D eigenvalue weighted by Crippen LogP contribution is 2.57. The molecule has 2 aliphatic carbocycles. The molecule has 0 saturated heterocycles. The van der Waals surface area contributed by atoms with Crippen molar-refractivity contribution in [3.63, 3.8) is 0 Å². The van der Waals surface area contributed by atoms with E-state index in [-0.39, 0.29) is 6.10 Å². The first-order valence-corrected chi connectivity index (χ1v) is 10.9. The Kier molecular flexibility index (Phi) is 4.57. The maximum atomic E-state index is 11.5. The SMILES string of the molecule is NC(=O)c1cccnc1OC1CC2(CC(Nc3nc4c(Cl)cc(Cl)cc4s3)C2)C1. The Morgan fingerprint density at radius 3 is 2.83 bits per heavy atom. The number of amides is 1. The number of nitrogens with one attached hydrogen (secondary N) is 1. The summed E-state index contributed by atoms with van der Waals surface area (Å²) in [4.78, 5) is 20.3. The number of halogens is 2. The molecule has 5 rings (SSSR count). The van der Waals surface area contributed by atoms with Crippen molar-refractivity contribution >= 4 is 55.8 Å². The van der Waals surface area contributed by atoms with Crippen molar-refractivity contribution in [2.24, 2.45) is 11.1 Å². The Morgan fingerprint density at radius 2 is 2.07 bits per heavy atom. The maximum Gasteiger partial charge on any atom is 0.254 e. The van der Waals surface area contributed by atoms with E-state index in [0.717, 1.165) is 41.0 Å². The summed E-state index contributed by atoms with van der Waals surface area (Å²) in [5.74, 6) is -0.189. The number of benzene rings is 1. The van der Waals surface area contributed by atoms with Gasteiger partial charge in [-0.25, -0.2) is 9.97 Å². The van der Waals surface area contributed by atoms with E-state index in [4.69, 9.17) is 33.7 Å². The largest absolute Gasteiger partial charge is 0.474 e. The van der Waals surface area contributed by atoms with E-state index >= 15 is 0 Å². The molecule has 9 heteroatoms. The third-order valence-electron chi connectivity index (χ3n) is 5.74. The van der Waals surface area contributed by atoms with Gasteiger partial charge in [0.15, 0.2) is 5.13 Å². The standard InChI is InChI=1S/C20H18Cl2N4O2S/c21-10-4-14(22)16-15(5-10)29-19(26-16)25-11-6-20(7-11)8-12(9-20)28-18-13(17(23)27)2-1-3-24-18/h1-5,11-12H,6-9H2,(H2,23,27)(H,25,26). The van der Waals surface area contributed by atoms with Gasteiger partial charge in [0.2, 0.25) is 5.88 Å². The number of rotatable bonds is 5. The lowest BCUT2D eigenvalue weighted by atomic mass is 9.53. The quantitative estimate of drug-likeness (QED) is 0.578. The minimum absolute atomic E-state index is 0.0762. The molecular formula is C20H18Cl2N4O2S. The topological polar surface area (TPSA) is 90.1 Å². The van der Waals surface area contributed by atoms with Gasteiger partial charge in [0.25, 0.3) is 5.91 Å². The van der Waals surface area contributed by atoms with Gasteiger partial charge in [0.05, 0.1) is 9.72 Å². The monoisotopic (exact) mass is 448 g/mol. The minimum atomic E-state index is -0.521. The van der Waals surface area contributed by atoms with Crippen molar-refractivity contribution in [2.75, 3.05) is 5.32 Å². The van der Waals surface area contributed by atoms with Crippen LogP contribution in [0.5, 0.6) is 5.88 Å². The highest BCUT2D eigenvalue weighted by Gasteiger charge is 2.54. The smallest absolute Gasteiger partial charge is 0.254 e. The Bertz CT molecular complexity index is 1110. The summed E-state index contributed by atoms with van der Waals surface area (Å²) in [6.45, 7) is 0. The summed E-state index contributed by atoms with van der Waals surface area (Å²) in [5, 5.41) is 5.58. The lowest BCUT2D eigenvalue weighted by Gasteiger charge is -2.57. The van der Waals surface area contributed by atoms with Gasteiger partial charge in [0.1, 0.15) is 17.2 Å². The predicted octanol–water partition coefficient (Wildman–Crippen LogP) is 4.90. The van der Waals surface area contributed by atoms with Crippen LogP contribution in [-0.4, -0.2) is 28.0 Å².